The zero-order chi connectivity index (χ0) is 17.8. The first-order valence-corrected chi connectivity index (χ1v) is 6.89. The molecule has 1 N–H and O–H groups in total. The molecule has 1 rings (SSSR count). The number of carbonyl (C=O) groups is 2. The standard InChI is InChI=1S/C15H18F4N2O2/c1-9(2)21(10(3)22)8-11-4-6-12(7-5-11)20-14(23)15(18,19)13(16)17/h4-7,9,13H,8H2,1-3H3,(H,20,23). The molecule has 0 aliphatic carbocycles. The van der Waals surface area contributed by atoms with Gasteiger partial charge in [-0.15, -0.1) is 0 Å². The van der Waals surface area contributed by atoms with Gasteiger partial charge in [-0.1, -0.05) is 12.1 Å². The number of anilines is 1. The number of hydrogen-bond acceptors (Lipinski definition) is 2. The minimum atomic E-state index is -4.75. The van der Waals surface area contributed by atoms with E-state index in [-0.39, 0.29) is 17.6 Å². The van der Waals surface area contributed by atoms with Crippen LogP contribution in [-0.4, -0.2) is 35.1 Å². The number of hydrogen-bond donors (Lipinski definition) is 1. The van der Waals surface area contributed by atoms with E-state index < -0.39 is 18.3 Å². The van der Waals surface area contributed by atoms with E-state index in [1.165, 1.54) is 31.2 Å². The van der Waals surface area contributed by atoms with Crippen molar-refractivity contribution >= 4 is 17.5 Å². The Morgan fingerprint density at radius 2 is 1.70 bits per heavy atom. The summed E-state index contributed by atoms with van der Waals surface area (Å²) in [4.78, 5) is 24.2. The third kappa shape index (κ3) is 4.94. The maximum absolute atomic E-state index is 12.8. The van der Waals surface area contributed by atoms with E-state index in [4.69, 9.17) is 0 Å². The monoisotopic (exact) mass is 334 g/mol. The summed E-state index contributed by atoms with van der Waals surface area (Å²) >= 11 is 0. The second-order valence-electron chi connectivity index (χ2n) is 5.32. The minimum Gasteiger partial charge on any atom is -0.336 e. The van der Waals surface area contributed by atoms with Crippen molar-refractivity contribution in [2.24, 2.45) is 0 Å². The maximum Gasteiger partial charge on any atom is 0.383 e. The third-order valence-corrected chi connectivity index (χ3v) is 3.17. The van der Waals surface area contributed by atoms with Crippen LogP contribution in [0, 0.1) is 0 Å². The molecule has 1 aromatic rings. The molecular formula is C15H18F4N2O2. The first kappa shape index (κ1) is 18.9. The molecule has 0 radical (unpaired) electrons. The van der Waals surface area contributed by atoms with Gasteiger partial charge in [0.1, 0.15) is 0 Å². The first-order chi connectivity index (χ1) is 10.6. The minimum absolute atomic E-state index is 0.0170. The average molecular weight is 334 g/mol. The van der Waals surface area contributed by atoms with Crippen LogP contribution in [0.2, 0.25) is 0 Å². The summed E-state index contributed by atoms with van der Waals surface area (Å²) in [6.45, 7) is 5.44. The molecule has 0 aromatic heterocycles. The summed E-state index contributed by atoms with van der Waals surface area (Å²) in [7, 11) is 0. The highest BCUT2D eigenvalue weighted by Gasteiger charge is 2.48. The summed E-state index contributed by atoms with van der Waals surface area (Å²) in [5.41, 5.74) is 0.686. The Balaban J connectivity index is 2.78. The number of nitrogens with one attached hydrogen (secondary N) is 1. The second kappa shape index (κ2) is 7.43. The van der Waals surface area contributed by atoms with E-state index in [0.29, 0.717) is 12.1 Å². The molecule has 0 spiro atoms. The smallest absolute Gasteiger partial charge is 0.336 e. The molecule has 0 saturated heterocycles. The van der Waals surface area contributed by atoms with Crippen LogP contribution in [0.25, 0.3) is 0 Å². The van der Waals surface area contributed by atoms with Crippen molar-refractivity contribution in [3.05, 3.63) is 29.8 Å². The molecule has 0 bridgehead atoms. The van der Waals surface area contributed by atoms with Gasteiger partial charge in [-0.2, -0.15) is 8.78 Å². The van der Waals surface area contributed by atoms with Crippen molar-refractivity contribution in [2.45, 2.75) is 45.7 Å². The van der Waals surface area contributed by atoms with Crippen molar-refractivity contribution in [1.82, 2.24) is 4.90 Å². The lowest BCUT2D eigenvalue weighted by atomic mass is 10.1. The zero-order valence-corrected chi connectivity index (χ0v) is 12.9. The van der Waals surface area contributed by atoms with Gasteiger partial charge >= 0.3 is 18.3 Å². The highest BCUT2D eigenvalue weighted by atomic mass is 19.3. The van der Waals surface area contributed by atoms with Crippen molar-refractivity contribution < 1.29 is 27.2 Å². The van der Waals surface area contributed by atoms with E-state index in [1.54, 1.807) is 10.2 Å². The highest BCUT2D eigenvalue weighted by Crippen LogP contribution is 2.25. The Morgan fingerprint density at radius 3 is 2.09 bits per heavy atom. The quantitative estimate of drug-likeness (QED) is 0.812. The summed E-state index contributed by atoms with van der Waals surface area (Å²) in [6, 6.07) is 5.65. The van der Waals surface area contributed by atoms with Crippen LogP contribution in [0.15, 0.2) is 24.3 Å². The first-order valence-electron chi connectivity index (χ1n) is 6.89. The molecule has 1 aromatic carbocycles. The van der Waals surface area contributed by atoms with Gasteiger partial charge in [-0.05, 0) is 31.5 Å². The van der Waals surface area contributed by atoms with Crippen LogP contribution in [0.1, 0.15) is 26.3 Å². The number of carbonyl (C=O) groups excluding carboxylic acids is 2. The van der Waals surface area contributed by atoms with Gasteiger partial charge in [0.05, 0.1) is 0 Å². The lowest BCUT2D eigenvalue weighted by Gasteiger charge is -2.25. The van der Waals surface area contributed by atoms with Crippen LogP contribution >= 0.6 is 0 Å². The highest BCUT2D eigenvalue weighted by molar-refractivity contribution is 5.96. The number of benzene rings is 1. The van der Waals surface area contributed by atoms with E-state index in [9.17, 15) is 27.2 Å². The van der Waals surface area contributed by atoms with Crippen molar-refractivity contribution in [1.29, 1.82) is 0 Å². The number of nitrogens with zero attached hydrogens (tertiary/aromatic N) is 1. The van der Waals surface area contributed by atoms with Crippen LogP contribution in [0.3, 0.4) is 0 Å². The topological polar surface area (TPSA) is 49.4 Å². The molecule has 0 fully saturated rings. The van der Waals surface area contributed by atoms with Crippen LogP contribution < -0.4 is 5.32 Å². The van der Waals surface area contributed by atoms with Gasteiger partial charge in [0.25, 0.3) is 0 Å². The molecule has 0 heterocycles. The molecule has 128 valence electrons. The normalized spacial score (nSPS) is 11.7. The molecule has 0 atom stereocenters. The summed E-state index contributed by atoms with van der Waals surface area (Å²) in [6.07, 6.45) is -4.07. The molecule has 0 aliphatic rings. The van der Waals surface area contributed by atoms with Gasteiger partial charge in [0.15, 0.2) is 0 Å². The molecule has 2 amide bonds. The summed E-state index contributed by atoms with van der Waals surface area (Å²) < 4.78 is 49.8. The van der Waals surface area contributed by atoms with E-state index in [0.717, 1.165) is 0 Å². The van der Waals surface area contributed by atoms with E-state index in [1.807, 2.05) is 13.8 Å². The molecule has 0 unspecified atom stereocenters. The van der Waals surface area contributed by atoms with Crippen molar-refractivity contribution in [3.8, 4) is 0 Å². The van der Waals surface area contributed by atoms with Crippen LogP contribution in [-0.2, 0) is 16.1 Å². The predicted octanol–water partition coefficient (Wildman–Crippen LogP) is 3.28. The van der Waals surface area contributed by atoms with E-state index >= 15 is 0 Å². The van der Waals surface area contributed by atoms with Crippen LogP contribution in [0.5, 0.6) is 0 Å². The number of amides is 2. The largest absolute Gasteiger partial charge is 0.383 e. The second-order valence-corrected chi connectivity index (χ2v) is 5.32. The lowest BCUT2D eigenvalue weighted by molar-refractivity contribution is -0.163. The number of halogens is 4. The molecule has 23 heavy (non-hydrogen) atoms. The van der Waals surface area contributed by atoms with Gasteiger partial charge in [0.2, 0.25) is 5.91 Å². The molecule has 4 nitrogen and oxygen atoms in total. The van der Waals surface area contributed by atoms with Gasteiger partial charge in [0, 0.05) is 25.2 Å². The molecule has 0 saturated carbocycles. The average Bonchev–Trinajstić information content (AvgIpc) is 2.45. The Hall–Kier alpha value is -2.12. The Labute approximate surface area is 131 Å². The van der Waals surface area contributed by atoms with E-state index in [2.05, 4.69) is 0 Å². The third-order valence-electron chi connectivity index (χ3n) is 3.17. The number of alkyl halides is 4. The maximum atomic E-state index is 12.8. The Kier molecular flexibility index (Phi) is 6.12. The fourth-order valence-electron chi connectivity index (χ4n) is 1.86. The molecule has 0 aliphatic heterocycles. The fraction of sp³-hybridized carbons (Fsp3) is 0.467. The predicted molar refractivity (Wildman–Crippen MR) is 77.4 cm³/mol. The Morgan fingerprint density at radius 1 is 1.17 bits per heavy atom. The van der Waals surface area contributed by atoms with Crippen LogP contribution in [0.4, 0.5) is 23.2 Å². The SMILES string of the molecule is CC(=O)N(Cc1ccc(NC(=O)C(F)(F)C(F)F)cc1)C(C)C. The summed E-state index contributed by atoms with van der Waals surface area (Å²) in [5.74, 6) is -6.93. The zero-order valence-electron chi connectivity index (χ0n) is 12.9. The van der Waals surface area contributed by atoms with Gasteiger partial charge < -0.3 is 10.2 Å². The van der Waals surface area contributed by atoms with Gasteiger partial charge in [-0.25, -0.2) is 8.78 Å². The summed E-state index contributed by atoms with van der Waals surface area (Å²) in [5, 5.41) is 1.74. The Bertz CT molecular complexity index is 559. The number of rotatable bonds is 6. The van der Waals surface area contributed by atoms with Gasteiger partial charge in [-0.3, -0.25) is 9.59 Å². The van der Waals surface area contributed by atoms with Crippen molar-refractivity contribution in [3.63, 3.8) is 0 Å². The molecule has 8 heteroatoms. The molecular weight excluding hydrogens is 316 g/mol. The fourth-order valence-corrected chi connectivity index (χ4v) is 1.86. The lowest BCUT2D eigenvalue weighted by Crippen LogP contribution is -2.41. The van der Waals surface area contributed by atoms with Crippen molar-refractivity contribution in [2.75, 3.05) is 5.32 Å².